The highest BCUT2D eigenvalue weighted by molar-refractivity contribution is 6.30. The van der Waals surface area contributed by atoms with Crippen LogP contribution in [-0.2, 0) is 6.42 Å². The first-order chi connectivity index (χ1) is 7.08. The fourth-order valence-electron chi connectivity index (χ4n) is 2.04. The van der Waals surface area contributed by atoms with Gasteiger partial charge in [-0.2, -0.15) is 0 Å². The minimum Gasteiger partial charge on any atom is -0.327 e. The summed E-state index contributed by atoms with van der Waals surface area (Å²) in [5.41, 5.74) is 6.68. The van der Waals surface area contributed by atoms with Crippen molar-refractivity contribution in [1.82, 2.24) is 0 Å². The quantitative estimate of drug-likeness (QED) is 0.844. The van der Waals surface area contributed by atoms with E-state index in [1.54, 1.807) is 12.1 Å². The lowest BCUT2D eigenvalue weighted by Crippen LogP contribution is -2.26. The maximum Gasteiger partial charge on any atom is 0.127 e. The number of benzene rings is 1. The van der Waals surface area contributed by atoms with E-state index in [0.29, 0.717) is 28.8 Å². The van der Waals surface area contributed by atoms with E-state index in [-0.39, 0.29) is 11.9 Å². The van der Waals surface area contributed by atoms with Crippen molar-refractivity contribution in [2.24, 2.45) is 17.6 Å². The molecule has 3 atom stereocenters. The Morgan fingerprint density at radius 3 is 2.80 bits per heavy atom. The summed E-state index contributed by atoms with van der Waals surface area (Å²) in [5, 5.41) is 0.435. The van der Waals surface area contributed by atoms with Crippen molar-refractivity contribution in [3.05, 3.63) is 34.6 Å². The van der Waals surface area contributed by atoms with Crippen LogP contribution >= 0.6 is 11.6 Å². The minimum atomic E-state index is -0.244. The third-order valence-electron chi connectivity index (χ3n) is 3.19. The summed E-state index contributed by atoms with van der Waals surface area (Å²) in [6, 6.07) is 4.86. The number of nitrogens with two attached hydrogens (primary N) is 1. The second kappa shape index (κ2) is 4.11. The van der Waals surface area contributed by atoms with Gasteiger partial charge in [-0.15, -0.1) is 0 Å². The Morgan fingerprint density at radius 1 is 1.60 bits per heavy atom. The molecule has 1 aromatic carbocycles. The topological polar surface area (TPSA) is 26.0 Å². The predicted molar refractivity (Wildman–Crippen MR) is 60.4 cm³/mol. The fraction of sp³-hybridized carbons (Fsp3) is 0.500. The average molecular weight is 228 g/mol. The molecule has 0 saturated heterocycles. The van der Waals surface area contributed by atoms with Crippen LogP contribution in [0, 0.1) is 17.7 Å². The number of halogens is 2. The number of hydrogen-bond donors (Lipinski definition) is 1. The second-order valence-electron chi connectivity index (χ2n) is 4.48. The van der Waals surface area contributed by atoms with Crippen LogP contribution in [-0.4, -0.2) is 6.04 Å². The van der Waals surface area contributed by atoms with Crippen LogP contribution < -0.4 is 5.73 Å². The highest BCUT2D eigenvalue weighted by Crippen LogP contribution is 2.40. The van der Waals surface area contributed by atoms with E-state index in [1.807, 2.05) is 0 Å². The number of hydrogen-bond acceptors (Lipinski definition) is 1. The van der Waals surface area contributed by atoms with Gasteiger partial charge in [0.1, 0.15) is 5.82 Å². The van der Waals surface area contributed by atoms with Crippen molar-refractivity contribution >= 4 is 11.6 Å². The lowest BCUT2D eigenvalue weighted by atomic mass is 10.0. The Morgan fingerprint density at radius 2 is 2.27 bits per heavy atom. The molecule has 0 heterocycles. The van der Waals surface area contributed by atoms with Gasteiger partial charge in [0.2, 0.25) is 0 Å². The van der Waals surface area contributed by atoms with Crippen molar-refractivity contribution < 1.29 is 4.39 Å². The van der Waals surface area contributed by atoms with Gasteiger partial charge >= 0.3 is 0 Å². The summed E-state index contributed by atoms with van der Waals surface area (Å²) >= 11 is 5.68. The smallest absolute Gasteiger partial charge is 0.127 e. The SMILES string of the molecule is CC1CC1C(N)Cc1ccc(Cl)cc1F. The molecule has 82 valence electrons. The van der Waals surface area contributed by atoms with Crippen molar-refractivity contribution in [1.29, 1.82) is 0 Å². The Labute approximate surface area is 94.4 Å². The Bertz CT molecular complexity index is 367. The number of rotatable bonds is 3. The Kier molecular flexibility index (Phi) is 2.98. The van der Waals surface area contributed by atoms with Gasteiger partial charge in [-0.1, -0.05) is 24.6 Å². The molecule has 1 aliphatic rings. The van der Waals surface area contributed by atoms with Crippen molar-refractivity contribution in [3.8, 4) is 0 Å². The monoisotopic (exact) mass is 227 g/mol. The molecule has 3 heteroatoms. The van der Waals surface area contributed by atoms with Gasteiger partial charge in [0, 0.05) is 11.1 Å². The van der Waals surface area contributed by atoms with Crippen LogP contribution in [0.5, 0.6) is 0 Å². The molecule has 0 spiro atoms. The zero-order valence-corrected chi connectivity index (χ0v) is 9.47. The zero-order chi connectivity index (χ0) is 11.0. The van der Waals surface area contributed by atoms with Gasteiger partial charge in [-0.3, -0.25) is 0 Å². The zero-order valence-electron chi connectivity index (χ0n) is 8.71. The third-order valence-corrected chi connectivity index (χ3v) is 3.43. The predicted octanol–water partition coefficient (Wildman–Crippen LogP) is 3.00. The third kappa shape index (κ3) is 2.50. The van der Waals surface area contributed by atoms with Crippen LogP contribution in [0.4, 0.5) is 4.39 Å². The highest BCUT2D eigenvalue weighted by atomic mass is 35.5. The van der Waals surface area contributed by atoms with E-state index in [1.165, 1.54) is 12.5 Å². The van der Waals surface area contributed by atoms with Crippen LogP contribution in [0.15, 0.2) is 18.2 Å². The molecule has 1 aliphatic carbocycles. The van der Waals surface area contributed by atoms with Crippen molar-refractivity contribution in [3.63, 3.8) is 0 Å². The van der Waals surface area contributed by atoms with Gasteiger partial charge in [-0.05, 0) is 42.4 Å². The lowest BCUT2D eigenvalue weighted by molar-refractivity contribution is 0.536. The molecular formula is C12H15ClFN. The molecule has 0 bridgehead atoms. The van der Waals surface area contributed by atoms with Crippen LogP contribution in [0.2, 0.25) is 5.02 Å². The maximum absolute atomic E-state index is 13.5. The molecule has 1 aromatic rings. The molecule has 0 aromatic heterocycles. The average Bonchev–Trinajstić information content (AvgIpc) is 2.88. The highest BCUT2D eigenvalue weighted by Gasteiger charge is 2.37. The molecule has 1 fully saturated rings. The van der Waals surface area contributed by atoms with Crippen LogP contribution in [0.1, 0.15) is 18.9 Å². The van der Waals surface area contributed by atoms with Gasteiger partial charge in [0.15, 0.2) is 0 Å². The van der Waals surface area contributed by atoms with E-state index in [0.717, 1.165) is 0 Å². The molecule has 1 saturated carbocycles. The van der Waals surface area contributed by atoms with Crippen LogP contribution in [0.3, 0.4) is 0 Å². The summed E-state index contributed by atoms with van der Waals surface area (Å²) < 4.78 is 13.5. The summed E-state index contributed by atoms with van der Waals surface area (Å²) in [7, 11) is 0. The van der Waals surface area contributed by atoms with Gasteiger partial charge < -0.3 is 5.73 Å². The Balaban J connectivity index is 2.04. The van der Waals surface area contributed by atoms with Gasteiger partial charge in [0.05, 0.1) is 0 Å². The molecule has 2 rings (SSSR count). The molecule has 0 radical (unpaired) electrons. The van der Waals surface area contributed by atoms with E-state index in [2.05, 4.69) is 6.92 Å². The lowest BCUT2D eigenvalue weighted by Gasteiger charge is -2.11. The van der Waals surface area contributed by atoms with Gasteiger partial charge in [-0.25, -0.2) is 4.39 Å². The second-order valence-corrected chi connectivity index (χ2v) is 4.92. The first kappa shape index (κ1) is 10.9. The van der Waals surface area contributed by atoms with Crippen LogP contribution in [0.25, 0.3) is 0 Å². The molecule has 0 aliphatic heterocycles. The molecule has 2 N–H and O–H groups in total. The molecule has 15 heavy (non-hydrogen) atoms. The molecule has 1 nitrogen and oxygen atoms in total. The summed E-state index contributed by atoms with van der Waals surface area (Å²) in [6.07, 6.45) is 1.79. The van der Waals surface area contributed by atoms with E-state index >= 15 is 0 Å². The standard InChI is InChI=1S/C12H15ClFN/c1-7-4-10(7)12(15)5-8-2-3-9(13)6-11(8)14/h2-3,6-7,10,12H,4-5,15H2,1H3. The molecular weight excluding hydrogens is 213 g/mol. The van der Waals surface area contributed by atoms with Crippen molar-refractivity contribution in [2.75, 3.05) is 0 Å². The summed E-state index contributed by atoms with van der Waals surface area (Å²) in [5.74, 6) is 1.03. The first-order valence-electron chi connectivity index (χ1n) is 5.27. The fourth-order valence-corrected chi connectivity index (χ4v) is 2.20. The van der Waals surface area contributed by atoms with Crippen molar-refractivity contribution in [2.45, 2.75) is 25.8 Å². The Hall–Kier alpha value is -0.600. The first-order valence-corrected chi connectivity index (χ1v) is 5.65. The molecule has 3 unspecified atom stereocenters. The van der Waals surface area contributed by atoms with E-state index < -0.39 is 0 Å². The minimum absolute atomic E-state index is 0.0793. The van der Waals surface area contributed by atoms with E-state index in [9.17, 15) is 4.39 Å². The maximum atomic E-state index is 13.5. The largest absolute Gasteiger partial charge is 0.327 e. The summed E-state index contributed by atoms with van der Waals surface area (Å²) in [6.45, 7) is 2.18. The van der Waals surface area contributed by atoms with E-state index in [4.69, 9.17) is 17.3 Å². The molecule has 0 amide bonds. The normalized spacial score (nSPS) is 26.4. The summed E-state index contributed by atoms with van der Waals surface area (Å²) in [4.78, 5) is 0. The van der Waals surface area contributed by atoms with Gasteiger partial charge in [0.25, 0.3) is 0 Å².